The predicted molar refractivity (Wildman–Crippen MR) is 126 cm³/mol. The van der Waals surface area contributed by atoms with Crippen molar-refractivity contribution < 1.29 is 18.7 Å². The average molecular weight is 453 g/mol. The molecule has 0 aliphatic carbocycles. The summed E-state index contributed by atoms with van der Waals surface area (Å²) in [5.74, 6) is 0.609. The Morgan fingerprint density at radius 1 is 1.12 bits per heavy atom. The number of carbonyl (C=O) groups excluding carboxylic acids is 1. The lowest BCUT2D eigenvalue weighted by molar-refractivity contribution is 0.0950. The van der Waals surface area contributed by atoms with Crippen LogP contribution in [0.15, 0.2) is 65.6 Å². The fraction of sp³-hybridized carbons (Fsp3) is 0.240. The molecule has 0 saturated carbocycles. The second-order valence-corrected chi connectivity index (χ2v) is 8.26. The van der Waals surface area contributed by atoms with Crippen molar-refractivity contribution in [3.63, 3.8) is 0 Å². The van der Waals surface area contributed by atoms with Crippen molar-refractivity contribution in [2.24, 2.45) is 0 Å². The van der Waals surface area contributed by atoms with Gasteiger partial charge in [0.05, 0.1) is 25.1 Å². The van der Waals surface area contributed by atoms with Crippen molar-refractivity contribution in [2.75, 3.05) is 31.4 Å². The number of nitrogens with zero attached hydrogens (tertiary/aromatic N) is 1. The third-order valence-electron chi connectivity index (χ3n) is 5.35. The van der Waals surface area contributed by atoms with Crippen LogP contribution in [0.4, 0.5) is 15.8 Å². The number of nitrogens with one attached hydrogen (secondary N) is 1. The summed E-state index contributed by atoms with van der Waals surface area (Å²) in [6.07, 6.45) is 2.75. The van der Waals surface area contributed by atoms with Crippen LogP contribution in [0.5, 0.6) is 11.5 Å². The van der Waals surface area contributed by atoms with Crippen LogP contribution in [0.2, 0.25) is 0 Å². The molecule has 0 atom stereocenters. The van der Waals surface area contributed by atoms with E-state index in [1.165, 1.54) is 11.0 Å². The Labute approximate surface area is 191 Å². The highest BCUT2D eigenvalue weighted by molar-refractivity contribution is 7.98. The third kappa shape index (κ3) is 4.83. The minimum atomic E-state index is -0.340. The fourth-order valence-electron chi connectivity index (χ4n) is 3.62. The zero-order chi connectivity index (χ0) is 22.5. The highest BCUT2D eigenvalue weighted by Crippen LogP contribution is 2.39. The minimum Gasteiger partial charge on any atom is -0.497 e. The molecule has 0 bridgehead atoms. The molecule has 32 heavy (non-hydrogen) atoms. The Bertz CT molecular complexity index is 1100. The Morgan fingerprint density at radius 2 is 1.94 bits per heavy atom. The van der Waals surface area contributed by atoms with Crippen molar-refractivity contribution in [3.8, 4) is 11.5 Å². The van der Waals surface area contributed by atoms with Crippen molar-refractivity contribution in [3.05, 3.63) is 77.6 Å². The summed E-state index contributed by atoms with van der Waals surface area (Å²) in [5.41, 5.74) is 2.67. The molecule has 4 rings (SSSR count). The molecular formula is C25H25FN2O3S. The van der Waals surface area contributed by atoms with Gasteiger partial charge in [-0.25, -0.2) is 4.39 Å². The monoisotopic (exact) mass is 452 g/mol. The van der Waals surface area contributed by atoms with Crippen LogP contribution in [0.25, 0.3) is 0 Å². The molecule has 0 fully saturated rings. The number of halogens is 1. The number of thioether (sulfide) groups is 1. The summed E-state index contributed by atoms with van der Waals surface area (Å²) in [4.78, 5) is 15.8. The van der Waals surface area contributed by atoms with E-state index in [2.05, 4.69) is 5.32 Å². The lowest BCUT2D eigenvalue weighted by atomic mass is 10.1. The molecule has 0 spiro atoms. The SMILES string of the molecule is COc1ccc(F)c(N2CCCOc3cc(C(=O)NCc4ccc(SC)cc4)ccc32)c1. The van der Waals surface area contributed by atoms with Gasteiger partial charge in [0.15, 0.2) is 0 Å². The number of hydrogen-bond acceptors (Lipinski definition) is 5. The van der Waals surface area contributed by atoms with Crippen LogP contribution < -0.4 is 19.7 Å². The topological polar surface area (TPSA) is 50.8 Å². The largest absolute Gasteiger partial charge is 0.497 e. The summed E-state index contributed by atoms with van der Waals surface area (Å²) in [7, 11) is 1.55. The van der Waals surface area contributed by atoms with E-state index in [0.29, 0.717) is 42.4 Å². The third-order valence-corrected chi connectivity index (χ3v) is 6.10. The zero-order valence-corrected chi connectivity index (χ0v) is 18.9. The average Bonchev–Trinajstić information content (AvgIpc) is 3.05. The molecule has 3 aromatic rings. The molecule has 1 aliphatic heterocycles. The van der Waals surface area contributed by atoms with Gasteiger partial charge in [-0.2, -0.15) is 0 Å². The second-order valence-electron chi connectivity index (χ2n) is 7.38. The summed E-state index contributed by atoms with van der Waals surface area (Å²) in [5, 5.41) is 2.95. The van der Waals surface area contributed by atoms with Crippen molar-refractivity contribution in [1.82, 2.24) is 5.32 Å². The van der Waals surface area contributed by atoms with E-state index in [1.54, 1.807) is 43.1 Å². The Morgan fingerprint density at radius 3 is 2.69 bits per heavy atom. The van der Waals surface area contributed by atoms with Gasteiger partial charge in [-0.15, -0.1) is 11.8 Å². The number of ether oxygens (including phenoxy) is 2. The van der Waals surface area contributed by atoms with E-state index in [-0.39, 0.29) is 11.7 Å². The lowest BCUT2D eigenvalue weighted by Gasteiger charge is -2.25. The van der Waals surface area contributed by atoms with Gasteiger partial charge >= 0.3 is 0 Å². The zero-order valence-electron chi connectivity index (χ0n) is 18.1. The molecule has 166 valence electrons. The summed E-state index contributed by atoms with van der Waals surface area (Å²) in [6, 6.07) is 18.0. The first kappa shape index (κ1) is 22.0. The number of rotatable bonds is 6. The number of methoxy groups -OCH3 is 1. The molecular weight excluding hydrogens is 427 g/mol. The van der Waals surface area contributed by atoms with E-state index >= 15 is 0 Å². The second kappa shape index (κ2) is 9.96. The molecule has 1 heterocycles. The maximum Gasteiger partial charge on any atom is 0.251 e. The Balaban J connectivity index is 1.55. The normalized spacial score (nSPS) is 13.0. The van der Waals surface area contributed by atoms with Crippen molar-refractivity contribution >= 4 is 29.0 Å². The first-order valence-corrected chi connectivity index (χ1v) is 11.6. The molecule has 1 N–H and O–H groups in total. The van der Waals surface area contributed by atoms with E-state index in [0.717, 1.165) is 17.7 Å². The van der Waals surface area contributed by atoms with E-state index in [9.17, 15) is 9.18 Å². The summed E-state index contributed by atoms with van der Waals surface area (Å²) in [6.45, 7) is 1.52. The van der Waals surface area contributed by atoms with Gasteiger partial charge in [0, 0.05) is 29.6 Å². The maximum atomic E-state index is 14.6. The van der Waals surface area contributed by atoms with Crippen LogP contribution in [0.3, 0.4) is 0 Å². The predicted octanol–water partition coefficient (Wildman–Crippen LogP) is 5.41. The number of amides is 1. The van der Waals surface area contributed by atoms with Gasteiger partial charge in [-0.3, -0.25) is 4.79 Å². The first-order chi connectivity index (χ1) is 15.6. The van der Waals surface area contributed by atoms with Crippen molar-refractivity contribution in [1.29, 1.82) is 0 Å². The number of benzene rings is 3. The van der Waals surface area contributed by atoms with Gasteiger partial charge in [-0.1, -0.05) is 12.1 Å². The van der Waals surface area contributed by atoms with Gasteiger partial charge in [-0.05, 0) is 60.7 Å². The molecule has 7 heteroatoms. The highest BCUT2D eigenvalue weighted by Gasteiger charge is 2.22. The van der Waals surface area contributed by atoms with Crippen LogP contribution in [0.1, 0.15) is 22.3 Å². The number of anilines is 2. The summed E-state index contributed by atoms with van der Waals surface area (Å²) >= 11 is 1.68. The number of fused-ring (bicyclic) bond motifs is 1. The van der Waals surface area contributed by atoms with Crippen molar-refractivity contribution in [2.45, 2.75) is 17.9 Å². The van der Waals surface area contributed by atoms with Gasteiger partial charge in [0.25, 0.3) is 5.91 Å². The molecule has 5 nitrogen and oxygen atoms in total. The van der Waals surface area contributed by atoms with Crippen LogP contribution in [-0.2, 0) is 6.54 Å². The van der Waals surface area contributed by atoms with Gasteiger partial charge < -0.3 is 19.7 Å². The molecule has 0 unspecified atom stereocenters. The Kier molecular flexibility index (Phi) is 6.85. The maximum absolute atomic E-state index is 14.6. The van der Waals surface area contributed by atoms with Gasteiger partial charge in [0.1, 0.15) is 17.3 Å². The van der Waals surface area contributed by atoms with Crippen LogP contribution in [-0.4, -0.2) is 32.4 Å². The first-order valence-electron chi connectivity index (χ1n) is 10.4. The number of hydrogen-bond donors (Lipinski definition) is 1. The molecule has 0 saturated heterocycles. The molecule has 1 amide bonds. The molecule has 0 aromatic heterocycles. The van der Waals surface area contributed by atoms with Gasteiger partial charge in [0.2, 0.25) is 0 Å². The molecule has 3 aromatic carbocycles. The van der Waals surface area contributed by atoms with Crippen LogP contribution in [0, 0.1) is 5.82 Å². The highest BCUT2D eigenvalue weighted by atomic mass is 32.2. The van der Waals surface area contributed by atoms with E-state index in [4.69, 9.17) is 9.47 Å². The smallest absolute Gasteiger partial charge is 0.251 e. The standard InChI is InChI=1S/C25H25FN2O3S/c1-30-19-7-10-21(26)23(15-19)28-12-3-13-31-24-14-18(6-11-22(24)28)25(29)27-16-17-4-8-20(32-2)9-5-17/h4-11,14-15H,3,12-13,16H2,1-2H3,(H,27,29). The fourth-order valence-corrected chi connectivity index (χ4v) is 4.03. The van der Waals surface area contributed by atoms with Crippen LogP contribution >= 0.6 is 11.8 Å². The molecule has 0 radical (unpaired) electrons. The van der Waals surface area contributed by atoms with E-state index < -0.39 is 0 Å². The number of carbonyl (C=O) groups is 1. The quantitative estimate of drug-likeness (QED) is 0.507. The lowest BCUT2D eigenvalue weighted by Crippen LogP contribution is -2.23. The van der Waals surface area contributed by atoms with E-state index in [1.807, 2.05) is 41.5 Å². The minimum absolute atomic E-state index is 0.186. The molecule has 1 aliphatic rings. The summed E-state index contributed by atoms with van der Waals surface area (Å²) < 4.78 is 25.8. The Hall–Kier alpha value is -3.19.